The van der Waals surface area contributed by atoms with Gasteiger partial charge in [0.15, 0.2) is 0 Å². The largest absolute Gasteiger partial charge is 0.427 e. The van der Waals surface area contributed by atoms with E-state index in [1.807, 2.05) is 30.3 Å². The molecule has 2 aliphatic heterocycles. The minimum absolute atomic E-state index is 0.0581. The summed E-state index contributed by atoms with van der Waals surface area (Å²) < 4.78 is 5.50. The van der Waals surface area contributed by atoms with Crippen LogP contribution < -0.4 is 20.5 Å². The summed E-state index contributed by atoms with van der Waals surface area (Å²) in [5.41, 5.74) is 9.28. The smallest absolute Gasteiger partial charge is 0.409 e. The molecule has 2 aliphatic rings. The van der Waals surface area contributed by atoms with Crippen molar-refractivity contribution in [3.63, 3.8) is 0 Å². The molecule has 2 aromatic carbocycles. The van der Waals surface area contributed by atoms with Gasteiger partial charge in [0.25, 0.3) is 0 Å². The molecule has 0 spiro atoms. The molecule has 0 bridgehead atoms. The molecule has 2 aromatic rings. The predicted octanol–water partition coefficient (Wildman–Crippen LogP) is 2.89. The van der Waals surface area contributed by atoms with Crippen molar-refractivity contribution in [2.45, 2.75) is 31.3 Å². The normalized spacial score (nSPS) is 23.4. The molecule has 1 unspecified atom stereocenters. The molecule has 28 heavy (non-hydrogen) atoms. The average Bonchev–Trinajstić information content (AvgIpc) is 3.12. The fraction of sp³-hybridized carbons (Fsp3) is 0.409. The molecule has 1 fully saturated rings. The Kier molecular flexibility index (Phi) is 5.00. The topological polar surface area (TPSA) is 56.8 Å². The molecule has 6 heteroatoms. The molecule has 2 N–H and O–H groups in total. The third kappa shape index (κ3) is 3.34. The summed E-state index contributed by atoms with van der Waals surface area (Å²) >= 11 is 0. The first-order valence-electron chi connectivity index (χ1n) is 9.81. The van der Waals surface area contributed by atoms with Gasteiger partial charge in [0.1, 0.15) is 5.75 Å². The van der Waals surface area contributed by atoms with Gasteiger partial charge in [-0.25, -0.2) is 10.2 Å². The molecule has 2 atom stereocenters. The summed E-state index contributed by atoms with van der Waals surface area (Å²) in [7, 11) is 4.31. The van der Waals surface area contributed by atoms with Gasteiger partial charge in [0, 0.05) is 31.2 Å². The monoisotopic (exact) mass is 380 g/mol. The van der Waals surface area contributed by atoms with Gasteiger partial charge >= 0.3 is 6.09 Å². The summed E-state index contributed by atoms with van der Waals surface area (Å²) in [5, 5.41) is 0. The zero-order valence-corrected chi connectivity index (χ0v) is 16.7. The lowest BCUT2D eigenvalue weighted by molar-refractivity contribution is 0.195. The first-order valence-corrected chi connectivity index (χ1v) is 9.81. The maximum Gasteiger partial charge on any atom is 0.427 e. The van der Waals surface area contributed by atoms with Crippen molar-refractivity contribution in [1.29, 1.82) is 0 Å². The highest BCUT2D eigenvalue weighted by Gasteiger charge is 2.52. The Labute approximate surface area is 166 Å². The van der Waals surface area contributed by atoms with E-state index in [9.17, 15) is 4.79 Å². The molecule has 1 saturated heterocycles. The van der Waals surface area contributed by atoms with Crippen molar-refractivity contribution < 1.29 is 9.53 Å². The third-order valence-electron chi connectivity index (χ3n) is 6.08. The summed E-state index contributed by atoms with van der Waals surface area (Å²) in [6.07, 6.45) is 1.79. The summed E-state index contributed by atoms with van der Waals surface area (Å²) in [4.78, 5) is 16.9. The number of benzene rings is 2. The number of fused-ring (bicyclic) bond motifs is 3. The predicted molar refractivity (Wildman–Crippen MR) is 111 cm³/mol. The van der Waals surface area contributed by atoms with Crippen LogP contribution in [-0.2, 0) is 11.8 Å². The number of carbonyl (C=O) groups excluding carboxylic acids is 1. The van der Waals surface area contributed by atoms with E-state index in [0.717, 1.165) is 19.4 Å². The minimum Gasteiger partial charge on any atom is -0.409 e. The first-order chi connectivity index (χ1) is 13.5. The number of amides is 1. The number of hydrogen-bond donors (Lipinski definition) is 2. The molecule has 0 saturated carbocycles. The van der Waals surface area contributed by atoms with Crippen LogP contribution in [0.1, 0.15) is 24.5 Å². The van der Waals surface area contributed by atoms with Crippen LogP contribution in [0.15, 0.2) is 48.5 Å². The molecular weight excluding hydrogens is 352 g/mol. The molecule has 0 aliphatic carbocycles. The lowest BCUT2D eigenvalue weighted by Gasteiger charge is -2.32. The van der Waals surface area contributed by atoms with Gasteiger partial charge < -0.3 is 9.64 Å². The number of nitrogens with one attached hydrogen (secondary N) is 2. The SMILES string of the molecule is CN1CC[C@@]2(C)c3cc(OC(=O)NNCCc4ccccc4)ccc3N(C)C12. The Hall–Kier alpha value is -2.57. The Balaban J connectivity index is 1.35. The third-order valence-corrected chi connectivity index (χ3v) is 6.08. The van der Waals surface area contributed by atoms with Crippen molar-refractivity contribution in [3.8, 4) is 5.75 Å². The molecule has 6 nitrogen and oxygen atoms in total. The lowest BCUT2D eigenvalue weighted by Crippen LogP contribution is -2.45. The van der Waals surface area contributed by atoms with Crippen LogP contribution in [0.25, 0.3) is 0 Å². The van der Waals surface area contributed by atoms with Crippen LogP contribution in [0, 0.1) is 0 Å². The second-order valence-electron chi connectivity index (χ2n) is 7.99. The number of anilines is 1. The number of carbonyl (C=O) groups is 1. The van der Waals surface area contributed by atoms with Crippen LogP contribution in [0.3, 0.4) is 0 Å². The van der Waals surface area contributed by atoms with E-state index in [1.165, 1.54) is 16.8 Å². The maximum absolute atomic E-state index is 12.1. The highest BCUT2D eigenvalue weighted by atomic mass is 16.6. The molecule has 148 valence electrons. The summed E-state index contributed by atoms with van der Waals surface area (Å²) in [6, 6.07) is 16.1. The zero-order chi connectivity index (χ0) is 19.7. The fourth-order valence-corrected chi connectivity index (χ4v) is 4.74. The van der Waals surface area contributed by atoms with E-state index >= 15 is 0 Å². The van der Waals surface area contributed by atoms with Crippen LogP contribution >= 0.6 is 0 Å². The quantitative estimate of drug-likeness (QED) is 0.617. The van der Waals surface area contributed by atoms with Gasteiger partial charge in [0.05, 0.1) is 6.17 Å². The van der Waals surface area contributed by atoms with E-state index in [1.54, 1.807) is 0 Å². The highest BCUT2D eigenvalue weighted by molar-refractivity contribution is 5.72. The Morgan fingerprint density at radius 2 is 2.00 bits per heavy atom. The second kappa shape index (κ2) is 7.45. The van der Waals surface area contributed by atoms with Crippen LogP contribution in [-0.4, -0.2) is 44.3 Å². The van der Waals surface area contributed by atoms with Gasteiger partial charge in [-0.2, -0.15) is 0 Å². The van der Waals surface area contributed by atoms with Gasteiger partial charge in [0.2, 0.25) is 0 Å². The van der Waals surface area contributed by atoms with Crippen LogP contribution in [0.4, 0.5) is 10.5 Å². The number of nitrogens with zero attached hydrogens (tertiary/aromatic N) is 2. The highest BCUT2D eigenvalue weighted by Crippen LogP contribution is 2.51. The van der Waals surface area contributed by atoms with Crippen molar-refractivity contribution in [2.24, 2.45) is 0 Å². The van der Waals surface area contributed by atoms with E-state index in [4.69, 9.17) is 4.74 Å². The van der Waals surface area contributed by atoms with E-state index in [2.05, 4.69) is 59.9 Å². The minimum atomic E-state index is -0.496. The maximum atomic E-state index is 12.1. The number of rotatable bonds is 5. The number of hydrazine groups is 1. The molecule has 1 amide bonds. The standard InChI is InChI=1S/C22H28N4O2/c1-22-12-14-25(2)20(22)26(3)19-10-9-17(15-18(19)22)28-21(27)24-23-13-11-16-7-5-4-6-8-16/h4-10,15,20,23H,11-14H2,1-3H3,(H,24,27)/t20?,22-/m0/s1. The van der Waals surface area contributed by atoms with E-state index in [-0.39, 0.29) is 5.41 Å². The summed E-state index contributed by atoms with van der Waals surface area (Å²) in [6.45, 7) is 4.01. The number of hydrogen-bond acceptors (Lipinski definition) is 5. The van der Waals surface area contributed by atoms with Gasteiger partial charge in [-0.15, -0.1) is 0 Å². The van der Waals surface area contributed by atoms with E-state index < -0.39 is 6.09 Å². The van der Waals surface area contributed by atoms with Crippen molar-refractivity contribution in [2.75, 3.05) is 32.1 Å². The number of likely N-dealkylation sites (N-methyl/N-ethyl adjacent to an activating group) is 2. The fourth-order valence-electron chi connectivity index (χ4n) is 4.74. The molecule has 4 rings (SSSR count). The number of ether oxygens (including phenoxy) is 1. The zero-order valence-electron chi connectivity index (χ0n) is 16.7. The van der Waals surface area contributed by atoms with E-state index in [0.29, 0.717) is 18.5 Å². The van der Waals surface area contributed by atoms with Crippen molar-refractivity contribution in [3.05, 3.63) is 59.7 Å². The van der Waals surface area contributed by atoms with Crippen molar-refractivity contribution in [1.82, 2.24) is 15.8 Å². The summed E-state index contributed by atoms with van der Waals surface area (Å²) in [5.74, 6) is 0.575. The average molecular weight is 380 g/mol. The van der Waals surface area contributed by atoms with Gasteiger partial charge in [-0.1, -0.05) is 37.3 Å². The number of likely N-dealkylation sites (tertiary alicyclic amines) is 1. The van der Waals surface area contributed by atoms with Crippen LogP contribution in [0.2, 0.25) is 0 Å². The Morgan fingerprint density at radius 1 is 1.21 bits per heavy atom. The molecular formula is C22H28N4O2. The van der Waals surface area contributed by atoms with Gasteiger partial charge in [-0.05, 0) is 49.2 Å². The Morgan fingerprint density at radius 3 is 2.79 bits per heavy atom. The van der Waals surface area contributed by atoms with Gasteiger partial charge in [-0.3, -0.25) is 10.3 Å². The first kappa shape index (κ1) is 18.8. The second-order valence-corrected chi connectivity index (χ2v) is 7.99. The lowest BCUT2D eigenvalue weighted by atomic mass is 9.81. The molecule has 0 aromatic heterocycles. The molecule has 2 heterocycles. The van der Waals surface area contributed by atoms with Crippen molar-refractivity contribution >= 4 is 11.8 Å². The van der Waals surface area contributed by atoms with Crippen LogP contribution in [0.5, 0.6) is 5.75 Å². The Bertz CT molecular complexity index is 857. The molecule has 0 radical (unpaired) electrons.